The molecule has 0 N–H and O–H groups in total. The molecule has 2 aliphatic rings. The molecule has 2 aliphatic heterocycles. The van der Waals surface area contributed by atoms with Crippen LogP contribution >= 0.6 is 0 Å². The Balaban J connectivity index is 1.85. The van der Waals surface area contributed by atoms with Crippen LogP contribution in [0.5, 0.6) is 0 Å². The van der Waals surface area contributed by atoms with Gasteiger partial charge in [0.25, 0.3) is 0 Å². The van der Waals surface area contributed by atoms with Crippen LogP contribution in [-0.4, -0.2) is 49.1 Å². The van der Waals surface area contributed by atoms with Crippen molar-refractivity contribution in [1.82, 2.24) is 9.80 Å². The zero-order chi connectivity index (χ0) is 16.5. The minimum Gasteiger partial charge on any atom is -0.303 e. The Kier molecular flexibility index (Phi) is 5.65. The highest BCUT2D eigenvalue weighted by molar-refractivity contribution is 4.90. The smallest absolute Gasteiger partial charge is 0.0100 e. The summed E-state index contributed by atoms with van der Waals surface area (Å²) in [4.78, 5) is 5.22. The Morgan fingerprint density at radius 2 is 1.55 bits per heavy atom. The minimum absolute atomic E-state index is 0.454. The molecule has 0 aromatic heterocycles. The van der Waals surface area contributed by atoms with Crippen LogP contribution in [0, 0.1) is 16.7 Å². The molecular weight excluding hydrogens is 268 g/mol. The van der Waals surface area contributed by atoms with Crippen LogP contribution in [0.3, 0.4) is 0 Å². The van der Waals surface area contributed by atoms with Crippen LogP contribution in [0.15, 0.2) is 0 Å². The molecule has 2 unspecified atom stereocenters. The van der Waals surface area contributed by atoms with Crippen molar-refractivity contribution in [2.75, 3.05) is 27.2 Å². The average Bonchev–Trinajstić information content (AvgIpc) is 2.84. The molecule has 2 rings (SSSR count). The van der Waals surface area contributed by atoms with Gasteiger partial charge in [-0.25, -0.2) is 0 Å². The van der Waals surface area contributed by atoms with Gasteiger partial charge in [-0.05, 0) is 75.9 Å². The van der Waals surface area contributed by atoms with Gasteiger partial charge in [-0.1, -0.05) is 34.6 Å². The molecule has 0 bridgehead atoms. The Hall–Kier alpha value is -0.0800. The molecule has 130 valence electrons. The van der Waals surface area contributed by atoms with Gasteiger partial charge in [0.15, 0.2) is 0 Å². The van der Waals surface area contributed by atoms with E-state index in [0.29, 0.717) is 10.8 Å². The third kappa shape index (κ3) is 5.23. The average molecular weight is 309 g/mol. The Morgan fingerprint density at radius 3 is 2.09 bits per heavy atom. The van der Waals surface area contributed by atoms with E-state index in [1.165, 1.54) is 51.6 Å². The molecule has 2 fully saturated rings. The predicted octanol–water partition coefficient (Wildman–Crippen LogP) is 4.64. The number of hydrogen-bond donors (Lipinski definition) is 0. The number of rotatable bonds is 5. The Labute approximate surface area is 139 Å². The van der Waals surface area contributed by atoms with Crippen LogP contribution in [0.2, 0.25) is 0 Å². The zero-order valence-corrected chi connectivity index (χ0v) is 16.3. The van der Waals surface area contributed by atoms with E-state index in [1.807, 2.05) is 0 Å². The summed E-state index contributed by atoms with van der Waals surface area (Å²) in [6.45, 7) is 14.8. The maximum Gasteiger partial charge on any atom is 0.0100 e. The van der Waals surface area contributed by atoms with Crippen molar-refractivity contribution in [2.45, 2.75) is 85.2 Å². The molecule has 0 amide bonds. The lowest BCUT2D eigenvalue weighted by Crippen LogP contribution is -2.31. The quantitative estimate of drug-likeness (QED) is 0.730. The lowest BCUT2D eigenvalue weighted by atomic mass is 9.76. The van der Waals surface area contributed by atoms with Crippen molar-refractivity contribution in [1.29, 1.82) is 0 Å². The van der Waals surface area contributed by atoms with Gasteiger partial charge in [0.05, 0.1) is 0 Å². The van der Waals surface area contributed by atoms with Crippen LogP contribution < -0.4 is 0 Å². The molecule has 0 spiro atoms. The van der Waals surface area contributed by atoms with Crippen molar-refractivity contribution in [3.63, 3.8) is 0 Å². The standard InChI is InChI=1S/C20H40N2/c1-19(2,3)13-18-11-16(15-22(18)7)12-20(4,5)14-17-9-8-10-21(17)6/h16-18H,8-15H2,1-7H3/t16?,17-,18?/m1/s1. The van der Waals surface area contributed by atoms with E-state index >= 15 is 0 Å². The van der Waals surface area contributed by atoms with E-state index in [2.05, 4.69) is 58.5 Å². The summed E-state index contributed by atoms with van der Waals surface area (Å²) in [5, 5.41) is 0. The summed E-state index contributed by atoms with van der Waals surface area (Å²) in [5.41, 5.74) is 0.946. The van der Waals surface area contributed by atoms with Gasteiger partial charge < -0.3 is 9.80 Å². The molecule has 0 saturated carbocycles. The second kappa shape index (κ2) is 6.81. The predicted molar refractivity (Wildman–Crippen MR) is 97.3 cm³/mol. The molecule has 2 heterocycles. The van der Waals surface area contributed by atoms with Gasteiger partial charge >= 0.3 is 0 Å². The normalized spacial score (nSPS) is 32.0. The summed E-state index contributed by atoms with van der Waals surface area (Å²) in [7, 11) is 4.66. The van der Waals surface area contributed by atoms with Gasteiger partial charge in [0.1, 0.15) is 0 Å². The first-order valence-corrected chi connectivity index (χ1v) is 9.46. The van der Waals surface area contributed by atoms with Crippen LogP contribution in [0.1, 0.15) is 73.1 Å². The second-order valence-corrected chi connectivity index (χ2v) is 10.3. The monoisotopic (exact) mass is 308 g/mol. The third-order valence-electron chi connectivity index (χ3n) is 5.92. The topological polar surface area (TPSA) is 6.48 Å². The zero-order valence-electron chi connectivity index (χ0n) is 16.3. The van der Waals surface area contributed by atoms with Crippen LogP contribution in [-0.2, 0) is 0 Å². The van der Waals surface area contributed by atoms with Gasteiger partial charge in [-0.15, -0.1) is 0 Å². The maximum absolute atomic E-state index is 2.63. The summed E-state index contributed by atoms with van der Waals surface area (Å²) >= 11 is 0. The molecule has 2 nitrogen and oxygen atoms in total. The number of nitrogens with zero attached hydrogens (tertiary/aromatic N) is 2. The highest BCUT2D eigenvalue weighted by Crippen LogP contribution is 2.40. The van der Waals surface area contributed by atoms with Crippen molar-refractivity contribution < 1.29 is 0 Å². The Bertz CT molecular complexity index is 355. The highest BCUT2D eigenvalue weighted by atomic mass is 15.2. The molecule has 0 aromatic rings. The summed E-state index contributed by atoms with van der Waals surface area (Å²) < 4.78 is 0. The van der Waals surface area contributed by atoms with E-state index in [1.54, 1.807) is 0 Å². The fourth-order valence-corrected chi connectivity index (χ4v) is 5.03. The molecular formula is C20H40N2. The first-order chi connectivity index (χ1) is 10.1. The third-order valence-corrected chi connectivity index (χ3v) is 5.92. The Morgan fingerprint density at radius 1 is 0.864 bits per heavy atom. The lowest BCUT2D eigenvalue weighted by Gasteiger charge is -2.33. The fourth-order valence-electron chi connectivity index (χ4n) is 5.03. The van der Waals surface area contributed by atoms with Crippen molar-refractivity contribution in [3.8, 4) is 0 Å². The molecule has 0 radical (unpaired) electrons. The molecule has 0 aromatic carbocycles. The van der Waals surface area contributed by atoms with E-state index in [0.717, 1.165) is 18.0 Å². The largest absolute Gasteiger partial charge is 0.303 e. The van der Waals surface area contributed by atoms with E-state index < -0.39 is 0 Å². The fraction of sp³-hybridized carbons (Fsp3) is 1.00. The highest BCUT2D eigenvalue weighted by Gasteiger charge is 2.36. The van der Waals surface area contributed by atoms with E-state index in [-0.39, 0.29) is 0 Å². The number of hydrogen-bond acceptors (Lipinski definition) is 2. The first kappa shape index (κ1) is 18.3. The van der Waals surface area contributed by atoms with Gasteiger partial charge in [0, 0.05) is 18.6 Å². The van der Waals surface area contributed by atoms with E-state index in [4.69, 9.17) is 0 Å². The summed E-state index contributed by atoms with van der Waals surface area (Å²) in [6, 6.07) is 1.63. The minimum atomic E-state index is 0.454. The molecule has 3 atom stereocenters. The SMILES string of the molecule is CN1CC(CC(C)(C)C[C@H]2CCCN2C)CC1CC(C)(C)C. The lowest BCUT2D eigenvalue weighted by molar-refractivity contribution is 0.176. The van der Waals surface area contributed by atoms with Gasteiger partial charge in [-0.2, -0.15) is 0 Å². The van der Waals surface area contributed by atoms with Crippen molar-refractivity contribution in [2.24, 2.45) is 16.7 Å². The van der Waals surface area contributed by atoms with Crippen LogP contribution in [0.25, 0.3) is 0 Å². The van der Waals surface area contributed by atoms with Crippen LogP contribution in [0.4, 0.5) is 0 Å². The summed E-state index contributed by atoms with van der Waals surface area (Å²) in [5.74, 6) is 0.902. The molecule has 0 aliphatic carbocycles. The maximum atomic E-state index is 2.63. The molecule has 22 heavy (non-hydrogen) atoms. The van der Waals surface area contributed by atoms with Gasteiger partial charge in [0.2, 0.25) is 0 Å². The van der Waals surface area contributed by atoms with Crippen molar-refractivity contribution >= 4 is 0 Å². The molecule has 2 saturated heterocycles. The van der Waals surface area contributed by atoms with Crippen molar-refractivity contribution in [3.05, 3.63) is 0 Å². The number of likely N-dealkylation sites (tertiary alicyclic amines) is 2. The van der Waals surface area contributed by atoms with E-state index in [9.17, 15) is 0 Å². The van der Waals surface area contributed by atoms with Gasteiger partial charge in [-0.3, -0.25) is 0 Å². The first-order valence-electron chi connectivity index (χ1n) is 9.46. The summed E-state index contributed by atoms with van der Waals surface area (Å²) in [6.07, 6.45) is 8.35. The second-order valence-electron chi connectivity index (χ2n) is 10.3. The molecule has 2 heteroatoms.